The normalized spacial score (nSPS) is 15.1. The molecule has 0 spiro atoms. The highest BCUT2D eigenvalue weighted by molar-refractivity contribution is 6.31. The van der Waals surface area contributed by atoms with E-state index in [0.29, 0.717) is 44.0 Å². The van der Waals surface area contributed by atoms with E-state index in [2.05, 4.69) is 0 Å². The quantitative estimate of drug-likeness (QED) is 0.856. The van der Waals surface area contributed by atoms with E-state index in [0.717, 1.165) is 12.0 Å². The predicted octanol–water partition coefficient (Wildman–Crippen LogP) is 2.35. The molecule has 0 atom stereocenters. The maximum Gasteiger partial charge on any atom is 0.227 e. The van der Waals surface area contributed by atoms with Gasteiger partial charge in [0.2, 0.25) is 11.8 Å². The smallest absolute Gasteiger partial charge is 0.227 e. The molecular formula is C16H21ClN2O2. The van der Waals surface area contributed by atoms with Crippen LogP contribution in [0.4, 0.5) is 0 Å². The Morgan fingerprint density at radius 2 is 1.62 bits per heavy atom. The van der Waals surface area contributed by atoms with E-state index in [1.165, 1.54) is 0 Å². The van der Waals surface area contributed by atoms with Gasteiger partial charge in [0.25, 0.3) is 0 Å². The van der Waals surface area contributed by atoms with Gasteiger partial charge < -0.3 is 9.80 Å². The first-order chi connectivity index (χ1) is 10.1. The largest absolute Gasteiger partial charge is 0.339 e. The van der Waals surface area contributed by atoms with Crippen molar-refractivity contribution >= 4 is 23.4 Å². The van der Waals surface area contributed by atoms with Crippen molar-refractivity contribution in [1.82, 2.24) is 9.80 Å². The van der Waals surface area contributed by atoms with Crippen molar-refractivity contribution in [3.05, 3.63) is 34.9 Å². The first kappa shape index (κ1) is 15.8. The molecule has 2 rings (SSSR count). The molecule has 0 unspecified atom stereocenters. The van der Waals surface area contributed by atoms with Crippen molar-refractivity contribution in [1.29, 1.82) is 0 Å². The minimum atomic E-state index is 0.0747. The fraction of sp³-hybridized carbons (Fsp3) is 0.500. The van der Waals surface area contributed by atoms with Crippen LogP contribution in [0.2, 0.25) is 5.02 Å². The molecule has 1 aromatic rings. The monoisotopic (exact) mass is 308 g/mol. The molecule has 1 saturated heterocycles. The Labute approximate surface area is 130 Å². The zero-order valence-corrected chi connectivity index (χ0v) is 13.1. The highest BCUT2D eigenvalue weighted by Crippen LogP contribution is 2.17. The van der Waals surface area contributed by atoms with Crippen LogP contribution in [-0.2, 0) is 16.0 Å². The van der Waals surface area contributed by atoms with Crippen LogP contribution < -0.4 is 0 Å². The molecular weight excluding hydrogens is 288 g/mol. The average Bonchev–Trinajstić information content (AvgIpc) is 2.50. The second-order valence-corrected chi connectivity index (χ2v) is 5.69. The van der Waals surface area contributed by atoms with E-state index in [1.54, 1.807) is 6.07 Å². The minimum absolute atomic E-state index is 0.0747. The van der Waals surface area contributed by atoms with E-state index in [9.17, 15) is 9.59 Å². The van der Waals surface area contributed by atoms with Crippen LogP contribution in [0.25, 0.3) is 0 Å². The molecule has 0 saturated carbocycles. The zero-order valence-electron chi connectivity index (χ0n) is 12.3. The predicted molar refractivity (Wildman–Crippen MR) is 83.2 cm³/mol. The number of carbonyl (C=O) groups excluding carboxylic acids is 2. The van der Waals surface area contributed by atoms with Gasteiger partial charge in [-0.3, -0.25) is 9.59 Å². The highest BCUT2D eigenvalue weighted by atomic mass is 35.5. The number of carbonyl (C=O) groups is 2. The van der Waals surface area contributed by atoms with Crippen molar-refractivity contribution in [2.45, 2.75) is 26.2 Å². The molecule has 1 aromatic carbocycles. The van der Waals surface area contributed by atoms with E-state index in [1.807, 2.05) is 34.9 Å². The number of piperazine rings is 1. The standard InChI is InChI=1S/C16H21ClN2O2/c1-2-5-15(20)18-8-10-19(11-9-18)16(21)12-13-6-3-4-7-14(13)17/h3-4,6-7H,2,5,8-12H2,1H3. The molecule has 0 N–H and O–H groups in total. The summed E-state index contributed by atoms with van der Waals surface area (Å²) in [5, 5.41) is 0.627. The third-order valence-electron chi connectivity index (χ3n) is 3.75. The Bertz CT molecular complexity index is 511. The van der Waals surface area contributed by atoms with Crippen molar-refractivity contribution < 1.29 is 9.59 Å². The number of halogens is 1. The summed E-state index contributed by atoms with van der Waals surface area (Å²) in [6.45, 7) is 4.49. The Balaban J connectivity index is 1.86. The summed E-state index contributed by atoms with van der Waals surface area (Å²) in [5.41, 5.74) is 0.855. The minimum Gasteiger partial charge on any atom is -0.339 e. The van der Waals surface area contributed by atoms with Gasteiger partial charge >= 0.3 is 0 Å². The van der Waals surface area contributed by atoms with E-state index in [-0.39, 0.29) is 11.8 Å². The van der Waals surface area contributed by atoms with E-state index < -0.39 is 0 Å². The van der Waals surface area contributed by atoms with Gasteiger partial charge in [-0.05, 0) is 18.1 Å². The molecule has 0 radical (unpaired) electrons. The summed E-state index contributed by atoms with van der Waals surface area (Å²) in [6, 6.07) is 7.41. The van der Waals surface area contributed by atoms with Gasteiger partial charge in [-0.1, -0.05) is 36.7 Å². The zero-order chi connectivity index (χ0) is 15.2. The lowest BCUT2D eigenvalue weighted by molar-refractivity contribution is -0.139. The molecule has 1 heterocycles. The summed E-state index contributed by atoms with van der Waals surface area (Å²) >= 11 is 6.08. The number of nitrogens with zero attached hydrogens (tertiary/aromatic N) is 2. The number of benzene rings is 1. The summed E-state index contributed by atoms with van der Waals surface area (Å²) in [5.74, 6) is 0.265. The number of hydrogen-bond acceptors (Lipinski definition) is 2. The molecule has 1 fully saturated rings. The van der Waals surface area contributed by atoms with Gasteiger partial charge in [-0.2, -0.15) is 0 Å². The Morgan fingerprint density at radius 1 is 1.05 bits per heavy atom. The van der Waals surface area contributed by atoms with Gasteiger partial charge in [0.15, 0.2) is 0 Å². The summed E-state index contributed by atoms with van der Waals surface area (Å²) in [7, 11) is 0. The van der Waals surface area contributed by atoms with Crippen molar-refractivity contribution in [3.8, 4) is 0 Å². The van der Waals surface area contributed by atoms with Crippen molar-refractivity contribution in [2.75, 3.05) is 26.2 Å². The second kappa shape index (κ2) is 7.46. The SMILES string of the molecule is CCCC(=O)N1CCN(C(=O)Cc2ccccc2Cl)CC1. The Kier molecular flexibility index (Phi) is 5.62. The number of amides is 2. The molecule has 21 heavy (non-hydrogen) atoms. The molecule has 1 aliphatic rings. The van der Waals surface area contributed by atoms with Gasteiger partial charge in [0, 0.05) is 37.6 Å². The van der Waals surface area contributed by atoms with Crippen LogP contribution in [-0.4, -0.2) is 47.8 Å². The lowest BCUT2D eigenvalue weighted by atomic mass is 10.1. The van der Waals surface area contributed by atoms with E-state index in [4.69, 9.17) is 11.6 Å². The van der Waals surface area contributed by atoms with Crippen molar-refractivity contribution in [3.63, 3.8) is 0 Å². The van der Waals surface area contributed by atoms with Crippen LogP contribution in [0.5, 0.6) is 0 Å². The van der Waals surface area contributed by atoms with Crippen LogP contribution in [0.15, 0.2) is 24.3 Å². The lowest BCUT2D eigenvalue weighted by Crippen LogP contribution is -2.50. The first-order valence-electron chi connectivity index (χ1n) is 7.40. The Hall–Kier alpha value is -1.55. The molecule has 0 aromatic heterocycles. The maximum atomic E-state index is 12.3. The van der Waals surface area contributed by atoms with Crippen molar-refractivity contribution in [2.24, 2.45) is 0 Å². The number of rotatable bonds is 4. The third-order valence-corrected chi connectivity index (χ3v) is 4.12. The van der Waals surface area contributed by atoms with Crippen LogP contribution >= 0.6 is 11.6 Å². The highest BCUT2D eigenvalue weighted by Gasteiger charge is 2.23. The topological polar surface area (TPSA) is 40.6 Å². The number of hydrogen-bond donors (Lipinski definition) is 0. The molecule has 114 valence electrons. The summed E-state index contributed by atoms with van der Waals surface area (Å²) in [6.07, 6.45) is 1.78. The van der Waals surface area contributed by atoms with Crippen LogP contribution in [0.3, 0.4) is 0 Å². The molecule has 4 nitrogen and oxygen atoms in total. The Morgan fingerprint density at radius 3 is 2.19 bits per heavy atom. The van der Waals surface area contributed by atoms with Gasteiger partial charge in [0.1, 0.15) is 0 Å². The van der Waals surface area contributed by atoms with Gasteiger partial charge in [0.05, 0.1) is 6.42 Å². The fourth-order valence-corrected chi connectivity index (χ4v) is 2.70. The van der Waals surface area contributed by atoms with E-state index >= 15 is 0 Å². The maximum absolute atomic E-state index is 12.3. The van der Waals surface area contributed by atoms with Gasteiger partial charge in [-0.25, -0.2) is 0 Å². The molecule has 0 bridgehead atoms. The lowest BCUT2D eigenvalue weighted by Gasteiger charge is -2.35. The van der Waals surface area contributed by atoms with Gasteiger partial charge in [-0.15, -0.1) is 0 Å². The summed E-state index contributed by atoms with van der Waals surface area (Å²) in [4.78, 5) is 27.8. The molecule has 1 aliphatic heterocycles. The fourth-order valence-electron chi connectivity index (χ4n) is 2.49. The summed E-state index contributed by atoms with van der Waals surface area (Å²) < 4.78 is 0. The third kappa shape index (κ3) is 4.21. The van der Waals surface area contributed by atoms with Crippen LogP contribution in [0, 0.1) is 0 Å². The molecule has 2 amide bonds. The van der Waals surface area contributed by atoms with Crippen LogP contribution in [0.1, 0.15) is 25.3 Å². The molecule has 0 aliphatic carbocycles. The second-order valence-electron chi connectivity index (χ2n) is 5.28. The molecule has 5 heteroatoms. The first-order valence-corrected chi connectivity index (χ1v) is 7.78. The average molecular weight is 309 g/mol.